The molecule has 0 spiro atoms. The summed E-state index contributed by atoms with van der Waals surface area (Å²) in [6, 6.07) is 0.216. The summed E-state index contributed by atoms with van der Waals surface area (Å²) in [5.74, 6) is 0.520. The highest BCUT2D eigenvalue weighted by atomic mass is 16.1. The van der Waals surface area contributed by atoms with Crippen molar-refractivity contribution in [1.29, 1.82) is 0 Å². The van der Waals surface area contributed by atoms with Crippen LogP contribution in [0.4, 0.5) is 0 Å². The molecule has 0 saturated heterocycles. The molecule has 0 radical (unpaired) electrons. The molecule has 0 saturated carbocycles. The van der Waals surface area contributed by atoms with Crippen LogP contribution in [0.3, 0.4) is 0 Å². The maximum atomic E-state index is 11.5. The highest BCUT2D eigenvalue weighted by Crippen LogP contribution is 2.00. The summed E-state index contributed by atoms with van der Waals surface area (Å²) >= 11 is 0. The number of amides is 1. The molecule has 1 amide bonds. The van der Waals surface area contributed by atoms with Gasteiger partial charge in [-0.25, -0.2) is 4.98 Å². The number of hydrogen-bond acceptors (Lipinski definition) is 3. The minimum atomic E-state index is 0.0618. The molecule has 1 N–H and O–H groups in total. The fourth-order valence-electron chi connectivity index (χ4n) is 1.06. The van der Waals surface area contributed by atoms with Crippen molar-refractivity contribution in [3.05, 3.63) is 12.7 Å². The van der Waals surface area contributed by atoms with Gasteiger partial charge >= 0.3 is 0 Å². The van der Waals surface area contributed by atoms with E-state index in [1.807, 2.05) is 6.92 Å². The summed E-state index contributed by atoms with van der Waals surface area (Å²) in [5.41, 5.74) is 0. The Balaban J connectivity index is 2.25. The number of hydrogen-bond donors (Lipinski definition) is 1. The predicted molar refractivity (Wildman–Crippen MR) is 57.1 cm³/mol. The van der Waals surface area contributed by atoms with Gasteiger partial charge in [-0.1, -0.05) is 13.8 Å². The van der Waals surface area contributed by atoms with E-state index in [1.165, 1.54) is 6.33 Å². The lowest BCUT2D eigenvalue weighted by Crippen LogP contribution is -2.36. The summed E-state index contributed by atoms with van der Waals surface area (Å²) in [7, 11) is 0. The van der Waals surface area contributed by atoms with Crippen molar-refractivity contribution in [1.82, 2.24) is 20.1 Å². The van der Waals surface area contributed by atoms with Crippen LogP contribution in [0.2, 0.25) is 0 Å². The molecule has 1 heterocycles. The number of carbonyl (C=O) groups excluding carboxylic acids is 1. The molecule has 0 fully saturated rings. The fraction of sp³-hybridized carbons (Fsp3) is 0.700. The lowest BCUT2D eigenvalue weighted by molar-refractivity contribution is -0.122. The summed E-state index contributed by atoms with van der Waals surface area (Å²) in [6.07, 6.45) is 3.52. The fourth-order valence-corrected chi connectivity index (χ4v) is 1.06. The summed E-state index contributed by atoms with van der Waals surface area (Å²) in [4.78, 5) is 15.3. The van der Waals surface area contributed by atoms with E-state index in [0.717, 1.165) is 0 Å². The van der Waals surface area contributed by atoms with E-state index in [-0.39, 0.29) is 11.9 Å². The molecule has 0 aliphatic carbocycles. The van der Waals surface area contributed by atoms with Gasteiger partial charge in [0, 0.05) is 12.5 Å². The zero-order valence-corrected chi connectivity index (χ0v) is 9.47. The van der Waals surface area contributed by atoms with Crippen LogP contribution in [0.15, 0.2) is 12.7 Å². The van der Waals surface area contributed by atoms with Crippen molar-refractivity contribution in [2.75, 3.05) is 0 Å². The molecule has 1 aromatic heterocycles. The number of rotatable bonds is 5. The van der Waals surface area contributed by atoms with Crippen molar-refractivity contribution in [3.63, 3.8) is 0 Å². The van der Waals surface area contributed by atoms with Crippen LogP contribution < -0.4 is 5.32 Å². The van der Waals surface area contributed by atoms with Gasteiger partial charge in [-0.3, -0.25) is 9.48 Å². The smallest absolute Gasteiger partial charge is 0.222 e. The second-order valence-electron chi connectivity index (χ2n) is 4.01. The van der Waals surface area contributed by atoms with E-state index in [2.05, 4.69) is 29.2 Å². The van der Waals surface area contributed by atoms with Crippen LogP contribution in [0, 0.1) is 5.92 Å². The molecule has 84 valence electrons. The highest BCUT2D eigenvalue weighted by Gasteiger charge is 2.10. The molecule has 1 atom stereocenters. The standard InChI is InChI=1S/C10H18N4O/c1-8(2)9(3)13-10(15)4-5-14-7-11-6-12-14/h6-9H,4-5H2,1-3H3,(H,13,15). The summed E-state index contributed by atoms with van der Waals surface area (Å²) in [5, 5.41) is 6.87. The molecular formula is C10H18N4O. The summed E-state index contributed by atoms with van der Waals surface area (Å²) < 4.78 is 1.65. The van der Waals surface area contributed by atoms with Crippen molar-refractivity contribution in [3.8, 4) is 0 Å². The van der Waals surface area contributed by atoms with Crippen LogP contribution in [0.5, 0.6) is 0 Å². The monoisotopic (exact) mass is 210 g/mol. The first-order valence-corrected chi connectivity index (χ1v) is 5.21. The average molecular weight is 210 g/mol. The molecule has 1 unspecified atom stereocenters. The Labute approximate surface area is 89.9 Å². The molecule has 5 heteroatoms. The van der Waals surface area contributed by atoms with Gasteiger partial charge < -0.3 is 5.32 Å². The van der Waals surface area contributed by atoms with Gasteiger partial charge in [0.1, 0.15) is 12.7 Å². The molecule has 0 bridgehead atoms. The van der Waals surface area contributed by atoms with E-state index < -0.39 is 0 Å². The van der Waals surface area contributed by atoms with E-state index in [9.17, 15) is 4.79 Å². The Kier molecular flexibility index (Phi) is 4.27. The van der Waals surface area contributed by atoms with Crippen molar-refractivity contribution in [2.45, 2.75) is 39.8 Å². The normalized spacial score (nSPS) is 12.8. The number of aryl methyl sites for hydroxylation is 1. The first kappa shape index (κ1) is 11.7. The van der Waals surface area contributed by atoms with E-state index >= 15 is 0 Å². The van der Waals surface area contributed by atoms with E-state index in [1.54, 1.807) is 11.0 Å². The first-order valence-electron chi connectivity index (χ1n) is 5.21. The van der Waals surface area contributed by atoms with Gasteiger partial charge in [-0.15, -0.1) is 0 Å². The van der Waals surface area contributed by atoms with Crippen molar-refractivity contribution < 1.29 is 4.79 Å². The Hall–Kier alpha value is -1.39. The molecule has 0 aliphatic rings. The third kappa shape index (κ3) is 4.10. The van der Waals surface area contributed by atoms with Crippen LogP contribution in [-0.2, 0) is 11.3 Å². The van der Waals surface area contributed by atoms with E-state index in [4.69, 9.17) is 0 Å². The lowest BCUT2D eigenvalue weighted by atomic mass is 10.1. The third-order valence-electron chi connectivity index (χ3n) is 2.42. The molecule has 1 aromatic rings. The number of carbonyl (C=O) groups is 1. The Morgan fingerprint density at radius 1 is 1.47 bits per heavy atom. The van der Waals surface area contributed by atoms with Crippen molar-refractivity contribution in [2.24, 2.45) is 5.92 Å². The third-order valence-corrected chi connectivity index (χ3v) is 2.42. The van der Waals surface area contributed by atoms with Crippen LogP contribution >= 0.6 is 0 Å². The van der Waals surface area contributed by atoms with Crippen LogP contribution in [0.1, 0.15) is 27.2 Å². The minimum absolute atomic E-state index is 0.0618. The van der Waals surface area contributed by atoms with Crippen molar-refractivity contribution >= 4 is 5.91 Å². The lowest BCUT2D eigenvalue weighted by Gasteiger charge is -2.17. The molecule has 5 nitrogen and oxygen atoms in total. The molecule has 0 aromatic carbocycles. The first-order chi connectivity index (χ1) is 7.09. The van der Waals surface area contributed by atoms with E-state index in [0.29, 0.717) is 18.9 Å². The van der Waals surface area contributed by atoms with Gasteiger partial charge in [0.15, 0.2) is 0 Å². The molecule has 1 rings (SSSR count). The molecular weight excluding hydrogens is 192 g/mol. The summed E-state index contributed by atoms with van der Waals surface area (Å²) in [6.45, 7) is 6.76. The SMILES string of the molecule is CC(C)C(C)NC(=O)CCn1cncn1. The van der Waals surface area contributed by atoms with Crippen LogP contribution in [0.25, 0.3) is 0 Å². The second kappa shape index (κ2) is 5.48. The number of aromatic nitrogens is 3. The molecule has 0 aliphatic heterocycles. The zero-order chi connectivity index (χ0) is 11.3. The van der Waals surface area contributed by atoms with Gasteiger partial charge in [0.2, 0.25) is 5.91 Å². The van der Waals surface area contributed by atoms with Gasteiger partial charge in [-0.05, 0) is 12.8 Å². The van der Waals surface area contributed by atoms with Gasteiger partial charge in [0.05, 0.1) is 6.54 Å². The predicted octanol–water partition coefficient (Wildman–Crippen LogP) is 0.829. The highest BCUT2D eigenvalue weighted by molar-refractivity contribution is 5.76. The Morgan fingerprint density at radius 2 is 2.20 bits per heavy atom. The topological polar surface area (TPSA) is 59.8 Å². The molecule has 15 heavy (non-hydrogen) atoms. The largest absolute Gasteiger partial charge is 0.353 e. The maximum Gasteiger partial charge on any atom is 0.222 e. The quantitative estimate of drug-likeness (QED) is 0.783. The number of nitrogens with zero attached hydrogens (tertiary/aromatic N) is 3. The maximum absolute atomic E-state index is 11.5. The van der Waals surface area contributed by atoms with Gasteiger partial charge in [-0.2, -0.15) is 5.10 Å². The zero-order valence-electron chi connectivity index (χ0n) is 9.47. The minimum Gasteiger partial charge on any atom is -0.353 e. The Morgan fingerprint density at radius 3 is 2.73 bits per heavy atom. The average Bonchev–Trinajstić information content (AvgIpc) is 2.66. The van der Waals surface area contributed by atoms with Gasteiger partial charge in [0.25, 0.3) is 0 Å². The second-order valence-corrected chi connectivity index (χ2v) is 4.01. The Bertz CT molecular complexity index is 294. The number of nitrogens with one attached hydrogen (secondary N) is 1. The van der Waals surface area contributed by atoms with Crippen LogP contribution in [-0.4, -0.2) is 26.7 Å².